The highest BCUT2D eigenvalue weighted by molar-refractivity contribution is 7.21. The minimum Gasteiger partial charge on any atom is -0.495 e. The van der Waals surface area contributed by atoms with Crippen molar-refractivity contribution in [3.8, 4) is 11.5 Å². The van der Waals surface area contributed by atoms with E-state index in [1.54, 1.807) is 7.11 Å². The van der Waals surface area contributed by atoms with Crippen molar-refractivity contribution in [1.29, 1.82) is 0 Å². The average Bonchev–Trinajstić information content (AvgIpc) is 2.67. The largest absolute Gasteiger partial charge is 0.495 e. The quantitative estimate of drug-likeness (QED) is 0.888. The number of thiophene rings is 1. The molecule has 0 saturated heterocycles. The Bertz CT molecular complexity index is 547. The summed E-state index contributed by atoms with van der Waals surface area (Å²) in [7, 11) is 3.11. The minimum absolute atomic E-state index is 0.419. The van der Waals surface area contributed by atoms with E-state index >= 15 is 0 Å². The summed E-state index contributed by atoms with van der Waals surface area (Å²) in [5, 5.41) is 0.848. The number of hydrogen-bond acceptors (Lipinski definition) is 4. The Hall–Kier alpha value is -1.75. The first-order chi connectivity index (χ1) is 7.69. The van der Waals surface area contributed by atoms with Crippen LogP contribution < -0.4 is 15.2 Å². The zero-order valence-corrected chi connectivity index (χ0v) is 9.76. The van der Waals surface area contributed by atoms with E-state index in [1.807, 2.05) is 18.2 Å². The van der Waals surface area contributed by atoms with E-state index in [0.29, 0.717) is 16.4 Å². The Morgan fingerprint density at radius 1 is 1.31 bits per heavy atom. The van der Waals surface area contributed by atoms with Gasteiger partial charge in [0.1, 0.15) is 16.4 Å². The van der Waals surface area contributed by atoms with Gasteiger partial charge in [0.05, 0.1) is 18.9 Å². The van der Waals surface area contributed by atoms with Gasteiger partial charge in [-0.1, -0.05) is 6.07 Å². The molecule has 0 bridgehead atoms. The van der Waals surface area contributed by atoms with Gasteiger partial charge in [0.2, 0.25) is 0 Å². The van der Waals surface area contributed by atoms with Crippen LogP contribution in [-0.2, 0) is 0 Å². The summed E-state index contributed by atoms with van der Waals surface area (Å²) < 4.78 is 11.3. The Morgan fingerprint density at radius 2 is 2.06 bits per heavy atom. The van der Waals surface area contributed by atoms with Crippen LogP contribution in [0.5, 0.6) is 11.5 Å². The molecule has 4 nitrogen and oxygen atoms in total. The number of rotatable bonds is 3. The lowest BCUT2D eigenvalue weighted by Gasteiger charge is -2.01. The maximum absolute atomic E-state index is 11.3. The van der Waals surface area contributed by atoms with Crippen molar-refractivity contribution in [3.63, 3.8) is 0 Å². The highest BCUT2D eigenvalue weighted by atomic mass is 32.1. The molecule has 16 heavy (non-hydrogen) atoms. The van der Waals surface area contributed by atoms with E-state index in [9.17, 15) is 4.79 Å². The van der Waals surface area contributed by atoms with Gasteiger partial charge in [-0.25, -0.2) is 0 Å². The second-order valence-electron chi connectivity index (χ2n) is 3.17. The molecular formula is C11H11NO3S. The molecule has 0 saturated carbocycles. The average molecular weight is 237 g/mol. The fraction of sp³-hybridized carbons (Fsp3) is 0.182. The molecule has 2 N–H and O–H groups in total. The second kappa shape index (κ2) is 4.02. The molecule has 0 spiro atoms. The van der Waals surface area contributed by atoms with Gasteiger partial charge < -0.3 is 15.2 Å². The van der Waals surface area contributed by atoms with E-state index in [0.717, 1.165) is 10.1 Å². The van der Waals surface area contributed by atoms with Crippen molar-refractivity contribution in [2.24, 2.45) is 5.73 Å². The fourth-order valence-corrected chi connectivity index (χ4v) is 2.71. The molecular weight excluding hydrogens is 226 g/mol. The van der Waals surface area contributed by atoms with Gasteiger partial charge in [-0.05, 0) is 12.1 Å². The second-order valence-corrected chi connectivity index (χ2v) is 4.19. The van der Waals surface area contributed by atoms with Crippen LogP contribution in [0.4, 0.5) is 0 Å². The zero-order chi connectivity index (χ0) is 11.7. The molecule has 2 aromatic rings. The van der Waals surface area contributed by atoms with Crippen molar-refractivity contribution in [2.75, 3.05) is 14.2 Å². The zero-order valence-electron chi connectivity index (χ0n) is 8.94. The van der Waals surface area contributed by atoms with Crippen LogP contribution in [0.1, 0.15) is 9.67 Å². The molecule has 0 unspecified atom stereocenters. The lowest BCUT2D eigenvalue weighted by atomic mass is 10.2. The van der Waals surface area contributed by atoms with Gasteiger partial charge in [-0.3, -0.25) is 4.79 Å². The molecule has 1 aromatic carbocycles. The predicted molar refractivity (Wildman–Crippen MR) is 63.4 cm³/mol. The molecule has 0 radical (unpaired) electrons. The van der Waals surface area contributed by atoms with Crippen LogP contribution >= 0.6 is 11.3 Å². The molecule has 5 heteroatoms. The minimum atomic E-state index is -0.486. The smallest absolute Gasteiger partial charge is 0.262 e. The summed E-state index contributed by atoms with van der Waals surface area (Å²) in [4.78, 5) is 11.7. The summed E-state index contributed by atoms with van der Waals surface area (Å²) in [6.45, 7) is 0. The lowest BCUT2D eigenvalue weighted by molar-refractivity contribution is 0.100. The van der Waals surface area contributed by atoms with Gasteiger partial charge in [-0.15, -0.1) is 11.3 Å². The fourth-order valence-electron chi connectivity index (χ4n) is 1.60. The van der Waals surface area contributed by atoms with Gasteiger partial charge in [0.25, 0.3) is 5.91 Å². The van der Waals surface area contributed by atoms with Gasteiger partial charge in [0, 0.05) is 5.39 Å². The molecule has 0 fully saturated rings. The van der Waals surface area contributed by atoms with E-state index in [-0.39, 0.29) is 0 Å². The monoisotopic (exact) mass is 237 g/mol. The Balaban J connectivity index is 2.80. The van der Waals surface area contributed by atoms with E-state index in [2.05, 4.69) is 0 Å². The highest BCUT2D eigenvalue weighted by Gasteiger charge is 2.18. The maximum Gasteiger partial charge on any atom is 0.262 e. The van der Waals surface area contributed by atoms with Gasteiger partial charge >= 0.3 is 0 Å². The van der Waals surface area contributed by atoms with Crippen molar-refractivity contribution >= 4 is 27.3 Å². The third-order valence-electron chi connectivity index (χ3n) is 2.28. The highest BCUT2D eigenvalue weighted by Crippen LogP contribution is 2.41. The molecule has 2 rings (SSSR count). The molecule has 0 atom stereocenters. The van der Waals surface area contributed by atoms with E-state index < -0.39 is 5.91 Å². The molecule has 84 valence electrons. The van der Waals surface area contributed by atoms with Crippen LogP contribution in [0.25, 0.3) is 10.1 Å². The lowest BCUT2D eigenvalue weighted by Crippen LogP contribution is -2.09. The Kier molecular flexibility index (Phi) is 2.70. The number of carbonyl (C=O) groups excluding carboxylic acids is 1. The maximum atomic E-state index is 11.3. The standard InChI is InChI=1S/C11H11NO3S/c1-14-7-5-3-4-6-8(15-2)10(11(12)13)16-9(6)7/h3-5H,1-2H3,(H2,12,13). The first kappa shape index (κ1) is 10.8. The first-order valence-corrected chi connectivity index (χ1v) is 5.44. The molecule has 1 aromatic heterocycles. The number of primary amides is 1. The van der Waals surface area contributed by atoms with Crippen molar-refractivity contribution < 1.29 is 14.3 Å². The Labute approximate surface area is 96.6 Å². The van der Waals surface area contributed by atoms with E-state index in [1.165, 1.54) is 18.4 Å². The van der Waals surface area contributed by atoms with Gasteiger partial charge in [0.15, 0.2) is 0 Å². The first-order valence-electron chi connectivity index (χ1n) is 4.62. The summed E-state index contributed by atoms with van der Waals surface area (Å²) in [5.41, 5.74) is 5.30. The van der Waals surface area contributed by atoms with Crippen LogP contribution in [-0.4, -0.2) is 20.1 Å². The molecule has 1 amide bonds. The summed E-state index contributed by atoms with van der Waals surface area (Å²) in [6.07, 6.45) is 0. The number of methoxy groups -OCH3 is 2. The topological polar surface area (TPSA) is 61.5 Å². The van der Waals surface area contributed by atoms with Crippen molar-refractivity contribution in [1.82, 2.24) is 0 Å². The van der Waals surface area contributed by atoms with Crippen LogP contribution in [0.3, 0.4) is 0 Å². The summed E-state index contributed by atoms with van der Waals surface area (Å²) >= 11 is 1.28. The summed E-state index contributed by atoms with van der Waals surface area (Å²) in [5.74, 6) is 0.750. The molecule has 0 aliphatic rings. The number of amides is 1. The van der Waals surface area contributed by atoms with Crippen LogP contribution in [0, 0.1) is 0 Å². The van der Waals surface area contributed by atoms with Crippen molar-refractivity contribution in [2.45, 2.75) is 0 Å². The summed E-state index contributed by atoms with van der Waals surface area (Å²) in [6, 6.07) is 5.56. The molecule has 1 heterocycles. The van der Waals surface area contributed by atoms with Crippen LogP contribution in [0.15, 0.2) is 18.2 Å². The SMILES string of the molecule is COc1c(C(N)=O)sc2c(OC)cccc12. The third kappa shape index (κ3) is 1.49. The number of benzene rings is 1. The third-order valence-corrected chi connectivity index (χ3v) is 3.50. The number of nitrogens with two attached hydrogens (primary N) is 1. The molecule has 0 aliphatic carbocycles. The van der Waals surface area contributed by atoms with Gasteiger partial charge in [-0.2, -0.15) is 0 Å². The molecule has 0 aliphatic heterocycles. The number of ether oxygens (including phenoxy) is 2. The number of hydrogen-bond donors (Lipinski definition) is 1. The number of carbonyl (C=O) groups is 1. The van der Waals surface area contributed by atoms with Crippen LogP contribution in [0.2, 0.25) is 0 Å². The Morgan fingerprint density at radius 3 is 2.62 bits per heavy atom. The normalized spacial score (nSPS) is 10.4. The predicted octanol–water partition coefficient (Wildman–Crippen LogP) is 2.02. The number of fused-ring (bicyclic) bond motifs is 1. The van der Waals surface area contributed by atoms with E-state index in [4.69, 9.17) is 15.2 Å². The van der Waals surface area contributed by atoms with Crippen molar-refractivity contribution in [3.05, 3.63) is 23.1 Å².